The zero-order valence-electron chi connectivity index (χ0n) is 10.0. The van der Waals surface area contributed by atoms with E-state index in [-0.39, 0.29) is 17.1 Å². The van der Waals surface area contributed by atoms with Crippen molar-refractivity contribution in [3.63, 3.8) is 0 Å². The van der Waals surface area contributed by atoms with Gasteiger partial charge in [0.05, 0.1) is 5.41 Å². The number of carbonyl (C=O) groups excluding carboxylic acids is 1. The van der Waals surface area contributed by atoms with Crippen LogP contribution in [0.25, 0.3) is 0 Å². The number of rotatable bonds is 3. The maximum atomic E-state index is 11.4. The van der Waals surface area contributed by atoms with Gasteiger partial charge in [0.25, 0.3) is 11.7 Å². The smallest absolute Gasteiger partial charge is 0.292 e. The summed E-state index contributed by atoms with van der Waals surface area (Å²) in [5.74, 6) is 0.266. The lowest BCUT2D eigenvalue weighted by atomic mass is 9.74. The van der Waals surface area contributed by atoms with Gasteiger partial charge in [-0.2, -0.15) is 4.98 Å². The predicted molar refractivity (Wildman–Crippen MR) is 61.5 cm³/mol. The third-order valence-electron chi connectivity index (χ3n) is 3.51. The Morgan fingerprint density at radius 1 is 1.47 bits per heavy atom. The van der Waals surface area contributed by atoms with Gasteiger partial charge in [0.1, 0.15) is 0 Å². The molecule has 0 atom stereocenters. The maximum absolute atomic E-state index is 11.4. The summed E-state index contributed by atoms with van der Waals surface area (Å²) in [5.41, 5.74) is 5.64. The number of carbonyl (C=O) groups is 1. The predicted octanol–water partition coefficient (Wildman–Crippen LogP) is 0.590. The molecule has 0 aromatic carbocycles. The largest absolute Gasteiger partial charge is 0.352 e. The number of nitrogens with one attached hydrogen (secondary N) is 1. The van der Waals surface area contributed by atoms with E-state index < -0.39 is 0 Å². The van der Waals surface area contributed by atoms with Crippen molar-refractivity contribution in [2.75, 3.05) is 13.6 Å². The molecule has 6 heteroatoms. The molecule has 1 fully saturated rings. The Bertz CT molecular complexity index is 396. The van der Waals surface area contributed by atoms with Crippen LogP contribution in [0.2, 0.25) is 0 Å². The maximum Gasteiger partial charge on any atom is 0.292 e. The van der Waals surface area contributed by atoms with Crippen molar-refractivity contribution in [3.05, 3.63) is 11.7 Å². The normalized spacial score (nSPS) is 18.9. The first kappa shape index (κ1) is 12.0. The van der Waals surface area contributed by atoms with E-state index in [2.05, 4.69) is 15.5 Å². The van der Waals surface area contributed by atoms with Gasteiger partial charge in [-0.3, -0.25) is 4.79 Å². The molecule has 1 saturated carbocycles. The van der Waals surface area contributed by atoms with Crippen molar-refractivity contribution < 1.29 is 9.32 Å². The molecule has 1 aromatic rings. The second-order valence-electron chi connectivity index (χ2n) is 4.55. The lowest BCUT2D eigenvalue weighted by molar-refractivity contribution is 0.0950. The first-order valence-electron chi connectivity index (χ1n) is 5.98. The highest BCUT2D eigenvalue weighted by Gasteiger charge is 2.38. The molecule has 0 radical (unpaired) electrons. The van der Waals surface area contributed by atoms with Crippen molar-refractivity contribution in [3.8, 4) is 0 Å². The molecule has 0 saturated heterocycles. The van der Waals surface area contributed by atoms with Crippen LogP contribution in [0.1, 0.15) is 48.6 Å². The van der Waals surface area contributed by atoms with Crippen LogP contribution in [-0.2, 0) is 5.41 Å². The summed E-state index contributed by atoms with van der Waals surface area (Å²) in [4.78, 5) is 15.6. The third-order valence-corrected chi connectivity index (χ3v) is 3.51. The molecule has 0 bridgehead atoms. The average molecular weight is 238 g/mol. The van der Waals surface area contributed by atoms with E-state index in [9.17, 15) is 4.79 Å². The van der Waals surface area contributed by atoms with Crippen molar-refractivity contribution in [1.29, 1.82) is 0 Å². The lowest BCUT2D eigenvalue weighted by Gasteiger charge is -2.32. The topological polar surface area (TPSA) is 94.0 Å². The van der Waals surface area contributed by atoms with Gasteiger partial charge in [-0.25, -0.2) is 0 Å². The quantitative estimate of drug-likeness (QED) is 0.803. The van der Waals surface area contributed by atoms with Crippen molar-refractivity contribution in [2.24, 2.45) is 5.73 Å². The summed E-state index contributed by atoms with van der Waals surface area (Å²) >= 11 is 0. The lowest BCUT2D eigenvalue weighted by Crippen LogP contribution is -2.37. The summed E-state index contributed by atoms with van der Waals surface area (Å²) in [6.45, 7) is 0.488. The highest BCUT2D eigenvalue weighted by atomic mass is 16.5. The SMILES string of the molecule is CNC(=O)c1noc(C2(CN)CCCCC2)n1. The minimum atomic E-state index is -0.331. The van der Waals surface area contributed by atoms with E-state index in [0.29, 0.717) is 12.4 Å². The molecule has 17 heavy (non-hydrogen) atoms. The highest BCUT2D eigenvalue weighted by molar-refractivity contribution is 5.89. The van der Waals surface area contributed by atoms with Crippen LogP contribution in [0, 0.1) is 0 Å². The fourth-order valence-electron chi connectivity index (χ4n) is 2.38. The van der Waals surface area contributed by atoms with E-state index in [0.717, 1.165) is 25.7 Å². The molecule has 3 N–H and O–H groups in total. The first-order chi connectivity index (χ1) is 8.22. The van der Waals surface area contributed by atoms with Crippen LogP contribution in [0.5, 0.6) is 0 Å². The Balaban J connectivity index is 2.25. The Kier molecular flexibility index (Phi) is 3.42. The van der Waals surface area contributed by atoms with Gasteiger partial charge < -0.3 is 15.6 Å². The minimum Gasteiger partial charge on any atom is -0.352 e. The zero-order chi connectivity index (χ0) is 12.3. The molecule has 0 unspecified atom stereocenters. The molecule has 94 valence electrons. The monoisotopic (exact) mass is 238 g/mol. The van der Waals surface area contributed by atoms with Gasteiger partial charge in [0, 0.05) is 13.6 Å². The van der Waals surface area contributed by atoms with E-state index in [4.69, 9.17) is 10.3 Å². The summed E-state index contributed by atoms with van der Waals surface area (Å²) in [7, 11) is 1.54. The second kappa shape index (κ2) is 4.83. The molecule has 1 aromatic heterocycles. The molecular formula is C11H18N4O2. The Labute approximate surface area is 99.9 Å². The van der Waals surface area contributed by atoms with Gasteiger partial charge in [-0.1, -0.05) is 24.4 Å². The zero-order valence-corrected chi connectivity index (χ0v) is 10.0. The molecule has 1 aliphatic carbocycles. The Morgan fingerprint density at radius 2 is 2.18 bits per heavy atom. The second-order valence-corrected chi connectivity index (χ2v) is 4.55. The molecule has 1 heterocycles. The van der Waals surface area contributed by atoms with Crippen molar-refractivity contribution >= 4 is 5.91 Å². The van der Waals surface area contributed by atoms with E-state index in [1.807, 2.05) is 0 Å². The van der Waals surface area contributed by atoms with Crippen LogP contribution in [0.3, 0.4) is 0 Å². The highest BCUT2D eigenvalue weighted by Crippen LogP contribution is 2.37. The van der Waals surface area contributed by atoms with Gasteiger partial charge in [-0.05, 0) is 12.8 Å². The number of aromatic nitrogens is 2. The average Bonchev–Trinajstić information content (AvgIpc) is 2.88. The van der Waals surface area contributed by atoms with Crippen LogP contribution in [-0.4, -0.2) is 29.6 Å². The van der Waals surface area contributed by atoms with Gasteiger partial charge in [0.15, 0.2) is 0 Å². The summed E-state index contributed by atoms with van der Waals surface area (Å²) < 4.78 is 5.22. The van der Waals surface area contributed by atoms with E-state index >= 15 is 0 Å². The summed E-state index contributed by atoms with van der Waals surface area (Å²) in [5, 5.41) is 6.17. The summed E-state index contributed by atoms with van der Waals surface area (Å²) in [6, 6.07) is 0. The minimum absolute atomic E-state index is 0.0842. The van der Waals surface area contributed by atoms with E-state index in [1.54, 1.807) is 0 Å². The van der Waals surface area contributed by atoms with Crippen LogP contribution in [0.4, 0.5) is 0 Å². The third kappa shape index (κ3) is 2.17. The van der Waals surface area contributed by atoms with Crippen LogP contribution < -0.4 is 11.1 Å². The van der Waals surface area contributed by atoms with Gasteiger partial charge >= 0.3 is 0 Å². The number of nitrogens with zero attached hydrogens (tertiary/aromatic N) is 2. The molecule has 1 aliphatic rings. The Hall–Kier alpha value is -1.43. The fourth-order valence-corrected chi connectivity index (χ4v) is 2.38. The molecular weight excluding hydrogens is 220 g/mol. The Morgan fingerprint density at radius 3 is 2.76 bits per heavy atom. The molecule has 2 rings (SSSR count). The number of nitrogens with two attached hydrogens (primary N) is 1. The van der Waals surface area contributed by atoms with Crippen molar-refractivity contribution in [1.82, 2.24) is 15.5 Å². The fraction of sp³-hybridized carbons (Fsp3) is 0.727. The molecule has 0 aliphatic heterocycles. The molecule has 1 amide bonds. The van der Waals surface area contributed by atoms with Gasteiger partial charge in [-0.15, -0.1) is 0 Å². The number of amides is 1. The summed E-state index contributed by atoms with van der Waals surface area (Å²) in [6.07, 6.45) is 5.37. The van der Waals surface area contributed by atoms with E-state index in [1.165, 1.54) is 13.5 Å². The molecule has 0 spiro atoms. The van der Waals surface area contributed by atoms with Crippen LogP contribution in [0.15, 0.2) is 4.52 Å². The van der Waals surface area contributed by atoms with Crippen molar-refractivity contribution in [2.45, 2.75) is 37.5 Å². The standard InChI is InChI=1S/C11H18N4O2/c1-13-9(16)8-14-10(17-15-8)11(7-12)5-3-2-4-6-11/h2-7,12H2,1H3,(H,13,16). The molecule has 6 nitrogen and oxygen atoms in total. The number of hydrogen-bond acceptors (Lipinski definition) is 5. The first-order valence-corrected chi connectivity index (χ1v) is 5.98. The number of hydrogen-bond donors (Lipinski definition) is 2. The van der Waals surface area contributed by atoms with Gasteiger partial charge in [0.2, 0.25) is 5.89 Å². The van der Waals surface area contributed by atoms with Crippen LogP contribution >= 0.6 is 0 Å².